The van der Waals surface area contributed by atoms with Gasteiger partial charge in [0.05, 0.1) is 5.39 Å². The quantitative estimate of drug-likeness (QED) is 0.753. The van der Waals surface area contributed by atoms with E-state index in [0.29, 0.717) is 11.9 Å². The van der Waals surface area contributed by atoms with Gasteiger partial charge in [-0.15, -0.1) is 0 Å². The van der Waals surface area contributed by atoms with Gasteiger partial charge in [0.15, 0.2) is 0 Å². The molecule has 1 atom stereocenters. The van der Waals surface area contributed by atoms with Crippen LogP contribution in [0.15, 0.2) is 21.7 Å². The van der Waals surface area contributed by atoms with E-state index in [0.717, 1.165) is 4.57 Å². The van der Waals surface area contributed by atoms with E-state index in [9.17, 15) is 14.4 Å². The molecule has 8 nitrogen and oxygen atoms in total. The lowest BCUT2D eigenvalue weighted by Crippen LogP contribution is -2.38. The van der Waals surface area contributed by atoms with Crippen LogP contribution in [0.3, 0.4) is 0 Å². The lowest BCUT2D eigenvalue weighted by molar-refractivity contribution is 0.0946. The fourth-order valence-corrected chi connectivity index (χ4v) is 2.02. The fourth-order valence-electron chi connectivity index (χ4n) is 2.02. The van der Waals surface area contributed by atoms with Gasteiger partial charge in [0.25, 0.3) is 11.5 Å². The largest absolute Gasteiger partial charge is 0.349 e. The smallest absolute Gasteiger partial charge is 0.332 e. The van der Waals surface area contributed by atoms with Gasteiger partial charge in [0.1, 0.15) is 11.3 Å². The summed E-state index contributed by atoms with van der Waals surface area (Å²) in [5.41, 5.74) is -0.547. The number of nitrogens with one attached hydrogen (secondary N) is 2. The zero-order valence-corrected chi connectivity index (χ0v) is 13.0. The van der Waals surface area contributed by atoms with E-state index in [-0.39, 0.29) is 23.3 Å². The van der Waals surface area contributed by atoms with E-state index in [1.165, 1.54) is 30.8 Å². The maximum absolute atomic E-state index is 12.1. The van der Waals surface area contributed by atoms with E-state index in [4.69, 9.17) is 0 Å². The average molecular weight is 305 g/mol. The second-order valence-corrected chi connectivity index (χ2v) is 5.17. The first-order valence-electron chi connectivity index (χ1n) is 6.89. The summed E-state index contributed by atoms with van der Waals surface area (Å²) in [6.07, 6.45) is 0. The number of hydrogen-bond donors (Lipinski definition) is 2. The highest BCUT2D eigenvalue weighted by molar-refractivity contribution is 5.94. The Morgan fingerprint density at radius 2 is 1.95 bits per heavy atom. The molecule has 2 heterocycles. The molecular weight excluding hydrogens is 286 g/mol. The van der Waals surface area contributed by atoms with Crippen molar-refractivity contribution in [3.8, 4) is 0 Å². The molecule has 0 radical (unpaired) electrons. The van der Waals surface area contributed by atoms with Gasteiger partial charge >= 0.3 is 5.69 Å². The molecule has 22 heavy (non-hydrogen) atoms. The Bertz CT molecular complexity index is 837. The molecule has 0 aromatic carbocycles. The second-order valence-electron chi connectivity index (χ2n) is 5.17. The molecule has 0 aliphatic heterocycles. The Hall–Kier alpha value is -2.48. The molecule has 0 fully saturated rings. The van der Waals surface area contributed by atoms with Crippen LogP contribution in [0.4, 0.5) is 0 Å². The molecular formula is C14H19N5O3. The maximum Gasteiger partial charge on any atom is 0.332 e. The minimum Gasteiger partial charge on any atom is -0.349 e. The van der Waals surface area contributed by atoms with Crippen molar-refractivity contribution in [2.24, 2.45) is 14.1 Å². The Morgan fingerprint density at radius 3 is 2.59 bits per heavy atom. The molecule has 0 bridgehead atoms. The summed E-state index contributed by atoms with van der Waals surface area (Å²) in [7, 11) is 4.72. The van der Waals surface area contributed by atoms with Gasteiger partial charge in [-0.1, -0.05) is 0 Å². The normalized spacial score (nSPS) is 12.4. The van der Waals surface area contributed by atoms with Crippen molar-refractivity contribution in [3.63, 3.8) is 0 Å². The first kappa shape index (κ1) is 15.9. The summed E-state index contributed by atoms with van der Waals surface area (Å²) in [4.78, 5) is 40.2. The van der Waals surface area contributed by atoms with Gasteiger partial charge in [-0.25, -0.2) is 9.78 Å². The van der Waals surface area contributed by atoms with Gasteiger partial charge in [-0.05, 0) is 26.1 Å². The summed E-state index contributed by atoms with van der Waals surface area (Å²) in [6.45, 7) is 2.38. The topological polar surface area (TPSA) is 98.0 Å². The van der Waals surface area contributed by atoms with Gasteiger partial charge in [0.2, 0.25) is 0 Å². The molecule has 2 rings (SSSR count). The SMILES string of the molecule is CNC(C)CNC(=O)c1ccc2c(=O)n(C)c(=O)n(C)c2n1. The van der Waals surface area contributed by atoms with Crippen molar-refractivity contribution >= 4 is 16.9 Å². The monoisotopic (exact) mass is 305 g/mol. The van der Waals surface area contributed by atoms with Crippen LogP contribution in [-0.2, 0) is 14.1 Å². The number of amides is 1. The van der Waals surface area contributed by atoms with Gasteiger partial charge in [0, 0.05) is 26.7 Å². The van der Waals surface area contributed by atoms with Crippen LogP contribution in [0, 0.1) is 0 Å². The van der Waals surface area contributed by atoms with Gasteiger partial charge < -0.3 is 10.6 Å². The van der Waals surface area contributed by atoms with Crippen LogP contribution in [0.1, 0.15) is 17.4 Å². The summed E-state index contributed by atoms with van der Waals surface area (Å²) >= 11 is 0. The zero-order valence-electron chi connectivity index (χ0n) is 13.0. The summed E-state index contributed by atoms with van der Waals surface area (Å²) < 4.78 is 2.27. The van der Waals surface area contributed by atoms with E-state index in [1.54, 1.807) is 7.05 Å². The number of aryl methyl sites for hydroxylation is 1. The van der Waals surface area contributed by atoms with Crippen molar-refractivity contribution in [3.05, 3.63) is 38.7 Å². The first-order chi connectivity index (χ1) is 10.4. The summed E-state index contributed by atoms with van der Waals surface area (Å²) in [5, 5.41) is 6.04. The van der Waals surface area contributed by atoms with E-state index in [1.807, 2.05) is 6.92 Å². The van der Waals surface area contributed by atoms with Crippen molar-refractivity contribution in [2.45, 2.75) is 13.0 Å². The number of aromatic nitrogens is 3. The van der Waals surface area contributed by atoms with Crippen molar-refractivity contribution in [2.75, 3.05) is 13.6 Å². The number of pyridine rings is 1. The van der Waals surface area contributed by atoms with E-state index < -0.39 is 11.2 Å². The third-order valence-electron chi connectivity index (χ3n) is 3.60. The van der Waals surface area contributed by atoms with Crippen LogP contribution in [-0.4, -0.2) is 39.7 Å². The van der Waals surface area contributed by atoms with Crippen molar-refractivity contribution < 1.29 is 4.79 Å². The Labute approximate surface area is 126 Å². The van der Waals surface area contributed by atoms with Crippen LogP contribution < -0.4 is 21.9 Å². The van der Waals surface area contributed by atoms with Crippen LogP contribution in [0.25, 0.3) is 11.0 Å². The number of carbonyl (C=O) groups excluding carboxylic acids is 1. The molecule has 2 aromatic heterocycles. The van der Waals surface area contributed by atoms with Gasteiger partial charge in [-0.3, -0.25) is 18.7 Å². The van der Waals surface area contributed by atoms with Crippen molar-refractivity contribution in [1.82, 2.24) is 24.8 Å². The molecule has 0 saturated carbocycles. The predicted molar refractivity (Wildman–Crippen MR) is 83.1 cm³/mol. The average Bonchev–Trinajstić information content (AvgIpc) is 2.54. The number of likely N-dealkylation sites (N-methyl/N-ethyl adjacent to an activating group) is 1. The number of carbonyl (C=O) groups is 1. The van der Waals surface area contributed by atoms with Crippen LogP contribution in [0.5, 0.6) is 0 Å². The van der Waals surface area contributed by atoms with E-state index >= 15 is 0 Å². The number of rotatable bonds is 4. The molecule has 8 heteroatoms. The molecule has 1 unspecified atom stereocenters. The fraction of sp³-hybridized carbons (Fsp3) is 0.429. The molecule has 0 spiro atoms. The minimum absolute atomic E-state index is 0.126. The Morgan fingerprint density at radius 1 is 1.27 bits per heavy atom. The summed E-state index contributed by atoms with van der Waals surface area (Å²) in [5.74, 6) is -0.350. The molecule has 2 N–H and O–H groups in total. The predicted octanol–water partition coefficient (Wildman–Crippen LogP) is -1.03. The highest BCUT2D eigenvalue weighted by Gasteiger charge is 2.14. The van der Waals surface area contributed by atoms with Crippen molar-refractivity contribution in [1.29, 1.82) is 0 Å². The Balaban J connectivity index is 2.45. The number of fused-ring (bicyclic) bond motifs is 1. The summed E-state index contributed by atoms with van der Waals surface area (Å²) in [6, 6.07) is 3.12. The zero-order chi connectivity index (χ0) is 16.4. The highest BCUT2D eigenvalue weighted by Crippen LogP contribution is 2.06. The molecule has 2 aromatic rings. The second kappa shape index (κ2) is 6.10. The molecule has 0 saturated heterocycles. The van der Waals surface area contributed by atoms with Crippen LogP contribution in [0.2, 0.25) is 0 Å². The third kappa shape index (κ3) is 2.77. The highest BCUT2D eigenvalue weighted by atomic mass is 16.2. The molecule has 0 aliphatic rings. The first-order valence-corrected chi connectivity index (χ1v) is 6.89. The standard InChI is InChI=1S/C14H19N5O3/c1-8(15-2)7-16-12(20)10-6-5-9-11(17-10)18(3)14(22)19(4)13(9)21/h5-6,8,15H,7H2,1-4H3,(H,16,20). The third-order valence-corrected chi connectivity index (χ3v) is 3.60. The Kier molecular flexibility index (Phi) is 4.41. The van der Waals surface area contributed by atoms with E-state index in [2.05, 4.69) is 15.6 Å². The maximum atomic E-state index is 12.1. The van der Waals surface area contributed by atoms with Gasteiger partial charge in [-0.2, -0.15) is 0 Å². The number of hydrogen-bond acceptors (Lipinski definition) is 5. The number of nitrogens with zero attached hydrogens (tertiary/aromatic N) is 3. The lowest BCUT2D eigenvalue weighted by atomic mass is 10.2. The molecule has 0 aliphatic carbocycles. The minimum atomic E-state index is -0.480. The molecule has 1 amide bonds. The molecule has 118 valence electrons. The van der Waals surface area contributed by atoms with Crippen LogP contribution >= 0.6 is 0 Å². The lowest BCUT2D eigenvalue weighted by Gasteiger charge is -2.12.